The summed E-state index contributed by atoms with van der Waals surface area (Å²) in [6, 6.07) is 0. The van der Waals surface area contributed by atoms with Gasteiger partial charge in [0.1, 0.15) is 0 Å². The van der Waals surface area contributed by atoms with Crippen LogP contribution in [0.25, 0.3) is 0 Å². The van der Waals surface area contributed by atoms with Crippen LogP contribution in [0.3, 0.4) is 0 Å². The van der Waals surface area contributed by atoms with E-state index < -0.39 is 16.1 Å². The first kappa shape index (κ1) is 10.2. The van der Waals surface area contributed by atoms with E-state index in [0.29, 0.717) is 6.54 Å². The maximum atomic E-state index is 10.8. The Morgan fingerprint density at radius 3 is 2.77 bits per heavy atom. The van der Waals surface area contributed by atoms with Crippen molar-refractivity contribution in [2.75, 3.05) is 0 Å². The van der Waals surface area contributed by atoms with Gasteiger partial charge in [0.25, 0.3) is 10.0 Å². The fourth-order valence-corrected chi connectivity index (χ4v) is 1.37. The van der Waals surface area contributed by atoms with Crippen LogP contribution in [0.5, 0.6) is 0 Å². The molecule has 0 aliphatic rings. The van der Waals surface area contributed by atoms with Gasteiger partial charge in [-0.05, 0) is 6.92 Å². The first-order valence-corrected chi connectivity index (χ1v) is 5.17. The summed E-state index contributed by atoms with van der Waals surface area (Å²) in [7, 11) is -3.73. The van der Waals surface area contributed by atoms with E-state index in [1.165, 1.54) is 17.1 Å². The smallest absolute Gasteiger partial charge is 0.257 e. The molecule has 0 saturated carbocycles. The lowest BCUT2D eigenvalue weighted by Crippen LogP contribution is -2.13. The van der Waals surface area contributed by atoms with E-state index in [4.69, 9.17) is 10.2 Å². The van der Waals surface area contributed by atoms with Crippen molar-refractivity contribution in [2.45, 2.75) is 24.6 Å². The zero-order chi connectivity index (χ0) is 10.1. The second-order valence-corrected chi connectivity index (χ2v) is 4.31. The Morgan fingerprint density at radius 1 is 1.77 bits per heavy atom. The van der Waals surface area contributed by atoms with E-state index >= 15 is 0 Å². The molecule has 0 aliphatic heterocycles. The van der Waals surface area contributed by atoms with Gasteiger partial charge >= 0.3 is 0 Å². The maximum Gasteiger partial charge on any atom is 0.257 e. The van der Waals surface area contributed by atoms with E-state index in [1.807, 2.05) is 0 Å². The third-order valence-corrected chi connectivity index (χ3v) is 2.17. The summed E-state index contributed by atoms with van der Waals surface area (Å²) in [4.78, 5) is 3.58. The predicted molar refractivity (Wildman–Crippen MR) is 45.3 cm³/mol. The lowest BCUT2D eigenvalue weighted by molar-refractivity contribution is 0.173. The van der Waals surface area contributed by atoms with Gasteiger partial charge in [0.05, 0.1) is 12.4 Å². The Morgan fingerprint density at radius 2 is 2.38 bits per heavy atom. The average Bonchev–Trinajstić information content (AvgIpc) is 2.32. The van der Waals surface area contributed by atoms with E-state index in [9.17, 15) is 8.42 Å². The maximum absolute atomic E-state index is 10.8. The van der Waals surface area contributed by atoms with Crippen molar-refractivity contribution in [3.05, 3.63) is 12.5 Å². The minimum atomic E-state index is -3.73. The van der Waals surface area contributed by atoms with Crippen LogP contribution in [-0.2, 0) is 16.6 Å². The molecule has 0 radical (unpaired) electrons. The number of rotatable bonds is 3. The molecule has 13 heavy (non-hydrogen) atoms. The van der Waals surface area contributed by atoms with E-state index in [-0.39, 0.29) is 5.03 Å². The lowest BCUT2D eigenvalue weighted by Gasteiger charge is -2.02. The van der Waals surface area contributed by atoms with Crippen LogP contribution in [-0.4, -0.2) is 29.2 Å². The molecule has 6 nitrogen and oxygen atoms in total. The molecule has 1 atom stereocenters. The number of imidazole rings is 1. The molecule has 1 aromatic rings. The molecule has 0 aliphatic carbocycles. The molecule has 0 fully saturated rings. The van der Waals surface area contributed by atoms with Gasteiger partial charge in [-0.3, -0.25) is 0 Å². The van der Waals surface area contributed by atoms with E-state index in [1.54, 1.807) is 6.92 Å². The van der Waals surface area contributed by atoms with Gasteiger partial charge < -0.3 is 9.67 Å². The Balaban J connectivity index is 2.88. The number of nitrogens with two attached hydrogens (primary N) is 1. The quantitative estimate of drug-likeness (QED) is 0.655. The average molecular weight is 205 g/mol. The van der Waals surface area contributed by atoms with Crippen LogP contribution >= 0.6 is 0 Å². The van der Waals surface area contributed by atoms with Gasteiger partial charge in [0.2, 0.25) is 0 Å². The first-order chi connectivity index (χ1) is 5.89. The SMILES string of the molecule is CC(O)Cn1cnc(S(N)(=O)=O)c1. The number of aromatic nitrogens is 2. The summed E-state index contributed by atoms with van der Waals surface area (Å²) in [5.74, 6) is 0. The predicted octanol–water partition coefficient (Wildman–Crippen LogP) is -1.09. The summed E-state index contributed by atoms with van der Waals surface area (Å²) < 4.78 is 23.0. The van der Waals surface area contributed by atoms with Crippen LogP contribution in [0.2, 0.25) is 0 Å². The molecule has 3 N–H and O–H groups in total. The topological polar surface area (TPSA) is 98.2 Å². The molecule has 0 bridgehead atoms. The Hall–Kier alpha value is -0.920. The monoisotopic (exact) mass is 205 g/mol. The second kappa shape index (κ2) is 3.44. The highest BCUT2D eigenvalue weighted by atomic mass is 32.2. The third-order valence-electron chi connectivity index (χ3n) is 1.38. The Labute approximate surface area is 76.1 Å². The molecule has 0 saturated heterocycles. The second-order valence-electron chi connectivity index (χ2n) is 2.80. The summed E-state index contributed by atoms with van der Waals surface area (Å²) in [6.07, 6.45) is 2.04. The van der Waals surface area contributed by atoms with Gasteiger partial charge in [-0.15, -0.1) is 0 Å². The lowest BCUT2D eigenvalue weighted by atomic mass is 10.4. The van der Waals surface area contributed by atoms with Crippen LogP contribution < -0.4 is 5.14 Å². The van der Waals surface area contributed by atoms with Crippen molar-refractivity contribution in [1.82, 2.24) is 9.55 Å². The van der Waals surface area contributed by atoms with Crippen molar-refractivity contribution in [3.8, 4) is 0 Å². The number of primary sulfonamides is 1. The largest absolute Gasteiger partial charge is 0.392 e. The van der Waals surface area contributed by atoms with Gasteiger partial charge in [-0.1, -0.05) is 0 Å². The number of aliphatic hydroxyl groups excluding tert-OH is 1. The highest BCUT2D eigenvalue weighted by Gasteiger charge is 2.11. The molecule has 1 aromatic heterocycles. The number of hydrogen-bond acceptors (Lipinski definition) is 4. The summed E-state index contributed by atoms with van der Waals surface area (Å²) in [5.41, 5.74) is 0. The van der Waals surface area contributed by atoms with Gasteiger partial charge in [0, 0.05) is 12.7 Å². The highest BCUT2D eigenvalue weighted by molar-refractivity contribution is 7.89. The van der Waals surface area contributed by atoms with Crippen molar-refractivity contribution in [1.29, 1.82) is 0 Å². The summed E-state index contributed by atoms with van der Waals surface area (Å²) in [5, 5.41) is 13.6. The van der Waals surface area contributed by atoms with Gasteiger partial charge in [-0.25, -0.2) is 18.5 Å². The molecular formula is C6H11N3O3S. The number of aliphatic hydroxyl groups is 1. The fraction of sp³-hybridized carbons (Fsp3) is 0.500. The number of nitrogens with zero attached hydrogens (tertiary/aromatic N) is 2. The minimum absolute atomic E-state index is 0.187. The molecule has 1 unspecified atom stereocenters. The van der Waals surface area contributed by atoms with Crippen LogP contribution in [0, 0.1) is 0 Å². The molecule has 1 heterocycles. The molecule has 1 rings (SSSR count). The van der Waals surface area contributed by atoms with Gasteiger partial charge in [0.15, 0.2) is 5.03 Å². The Kier molecular flexibility index (Phi) is 2.69. The fourth-order valence-electron chi connectivity index (χ4n) is 0.891. The van der Waals surface area contributed by atoms with Crippen molar-refractivity contribution >= 4 is 10.0 Å². The molecule has 74 valence electrons. The summed E-state index contributed by atoms with van der Waals surface area (Å²) in [6.45, 7) is 1.89. The third kappa shape index (κ3) is 2.79. The van der Waals surface area contributed by atoms with Gasteiger partial charge in [-0.2, -0.15) is 0 Å². The van der Waals surface area contributed by atoms with Crippen LogP contribution in [0.4, 0.5) is 0 Å². The first-order valence-electron chi connectivity index (χ1n) is 3.62. The molecule has 0 spiro atoms. The molecular weight excluding hydrogens is 194 g/mol. The number of sulfonamides is 1. The normalized spacial score (nSPS) is 14.4. The van der Waals surface area contributed by atoms with Crippen LogP contribution in [0.1, 0.15) is 6.92 Å². The number of hydrogen-bond donors (Lipinski definition) is 2. The van der Waals surface area contributed by atoms with E-state index in [2.05, 4.69) is 4.98 Å². The molecule has 0 aromatic carbocycles. The highest BCUT2D eigenvalue weighted by Crippen LogP contribution is 2.02. The summed E-state index contributed by atoms with van der Waals surface area (Å²) >= 11 is 0. The van der Waals surface area contributed by atoms with Crippen molar-refractivity contribution in [2.24, 2.45) is 5.14 Å². The van der Waals surface area contributed by atoms with E-state index in [0.717, 1.165) is 0 Å². The molecule has 7 heteroatoms. The van der Waals surface area contributed by atoms with Crippen LogP contribution in [0.15, 0.2) is 17.6 Å². The minimum Gasteiger partial charge on any atom is -0.392 e. The Bertz CT molecular complexity index is 382. The zero-order valence-corrected chi connectivity index (χ0v) is 7.90. The van der Waals surface area contributed by atoms with Crippen molar-refractivity contribution < 1.29 is 13.5 Å². The zero-order valence-electron chi connectivity index (χ0n) is 7.08. The molecule has 0 amide bonds. The van der Waals surface area contributed by atoms with Crippen molar-refractivity contribution in [3.63, 3.8) is 0 Å². The standard InChI is InChI=1S/C6H11N3O3S/c1-5(10)2-9-3-6(8-4-9)13(7,11)12/h3-5,10H,2H2,1H3,(H2,7,11,12).